The fourth-order valence-corrected chi connectivity index (χ4v) is 6.58. The van der Waals surface area contributed by atoms with Gasteiger partial charge < -0.3 is 24.6 Å². The van der Waals surface area contributed by atoms with Crippen LogP contribution >= 0.6 is 0 Å². The minimum atomic E-state index is -4.45. The van der Waals surface area contributed by atoms with Crippen LogP contribution in [0.5, 0.6) is 5.75 Å². The molecule has 1 N–H and O–H groups in total. The quantitative estimate of drug-likeness (QED) is 0.447. The standard InChI is InChI=1S/C31H42N4O7S/c1-22-8-14-25(15-9-22)43(39,40)35(28(36)26-7-6-16-32-26)27(29(37)42-31(2,3)4)21-23-10-12-24(13-11-23)41-30(38)34-19-17-33(5)18-20-34/h8-15,26-27,32H,6-7,16-21H2,1-5H3/t26-,27-/m0/s1. The molecule has 0 unspecified atom stereocenters. The van der Waals surface area contributed by atoms with Crippen molar-refractivity contribution in [3.05, 3.63) is 59.7 Å². The number of nitrogens with one attached hydrogen (secondary N) is 1. The Bertz CT molecular complexity index is 1390. The van der Waals surface area contributed by atoms with Gasteiger partial charge in [-0.3, -0.25) is 4.79 Å². The van der Waals surface area contributed by atoms with E-state index in [0.717, 1.165) is 18.7 Å². The van der Waals surface area contributed by atoms with Crippen molar-refractivity contribution >= 4 is 28.0 Å². The fourth-order valence-electron chi connectivity index (χ4n) is 5.02. The number of benzene rings is 2. The first-order chi connectivity index (χ1) is 20.2. The van der Waals surface area contributed by atoms with Gasteiger partial charge in [0.1, 0.15) is 17.4 Å². The van der Waals surface area contributed by atoms with E-state index in [1.54, 1.807) is 62.1 Å². The molecule has 2 atom stereocenters. The lowest BCUT2D eigenvalue weighted by atomic mass is 10.0. The molecule has 4 rings (SSSR count). The third kappa shape index (κ3) is 8.33. The van der Waals surface area contributed by atoms with Crippen molar-refractivity contribution in [2.24, 2.45) is 0 Å². The van der Waals surface area contributed by atoms with Gasteiger partial charge in [0.05, 0.1) is 10.9 Å². The van der Waals surface area contributed by atoms with Gasteiger partial charge in [0, 0.05) is 32.6 Å². The summed E-state index contributed by atoms with van der Waals surface area (Å²) < 4.78 is 40.1. The number of hydrogen-bond acceptors (Lipinski definition) is 9. The lowest BCUT2D eigenvalue weighted by Gasteiger charge is -2.33. The first-order valence-corrected chi connectivity index (χ1v) is 16.0. The molecule has 0 bridgehead atoms. The molecule has 2 aliphatic heterocycles. The number of amides is 2. The molecule has 12 heteroatoms. The van der Waals surface area contributed by atoms with E-state index in [0.29, 0.717) is 48.1 Å². The predicted octanol–water partition coefficient (Wildman–Crippen LogP) is 2.96. The second-order valence-electron chi connectivity index (χ2n) is 12.2. The fraction of sp³-hybridized carbons (Fsp3) is 0.516. The zero-order valence-corrected chi connectivity index (χ0v) is 26.4. The molecule has 2 fully saturated rings. The first-order valence-electron chi connectivity index (χ1n) is 14.6. The number of nitrogens with zero attached hydrogens (tertiary/aromatic N) is 3. The largest absolute Gasteiger partial charge is 0.458 e. The van der Waals surface area contributed by atoms with Gasteiger partial charge in [-0.1, -0.05) is 29.8 Å². The maximum Gasteiger partial charge on any atom is 0.415 e. The highest BCUT2D eigenvalue weighted by Gasteiger charge is 2.44. The van der Waals surface area contributed by atoms with E-state index in [2.05, 4.69) is 10.2 Å². The maximum absolute atomic E-state index is 14.1. The molecule has 2 aromatic carbocycles. The summed E-state index contributed by atoms with van der Waals surface area (Å²) in [6, 6.07) is 10.4. The summed E-state index contributed by atoms with van der Waals surface area (Å²) in [5, 5.41) is 3.07. The van der Waals surface area contributed by atoms with E-state index in [9.17, 15) is 22.8 Å². The normalized spacial score (nSPS) is 18.6. The second kappa shape index (κ2) is 13.4. The topological polar surface area (TPSA) is 126 Å². The molecule has 11 nitrogen and oxygen atoms in total. The van der Waals surface area contributed by atoms with Crippen molar-refractivity contribution in [1.29, 1.82) is 0 Å². The van der Waals surface area contributed by atoms with Gasteiger partial charge in [-0.25, -0.2) is 22.3 Å². The molecule has 43 heavy (non-hydrogen) atoms. The molecule has 0 saturated carbocycles. The van der Waals surface area contributed by atoms with Crippen LogP contribution in [0.4, 0.5) is 4.79 Å². The number of carbonyl (C=O) groups is 3. The van der Waals surface area contributed by atoms with E-state index in [4.69, 9.17) is 9.47 Å². The minimum absolute atomic E-state index is 0.0934. The molecule has 0 aliphatic carbocycles. The number of esters is 1. The molecular formula is C31H42N4O7S. The minimum Gasteiger partial charge on any atom is -0.458 e. The summed E-state index contributed by atoms with van der Waals surface area (Å²) in [6.45, 7) is 10.1. The Morgan fingerprint density at radius 2 is 1.63 bits per heavy atom. The van der Waals surface area contributed by atoms with Crippen LogP contribution < -0.4 is 10.1 Å². The summed E-state index contributed by atoms with van der Waals surface area (Å²) >= 11 is 0. The number of likely N-dealkylation sites (N-methyl/N-ethyl adjacent to an activating group) is 1. The highest BCUT2D eigenvalue weighted by Crippen LogP contribution is 2.27. The van der Waals surface area contributed by atoms with Crippen molar-refractivity contribution in [2.45, 2.75) is 69.5 Å². The van der Waals surface area contributed by atoms with Crippen LogP contribution in [-0.4, -0.2) is 97.9 Å². The van der Waals surface area contributed by atoms with E-state index < -0.39 is 45.7 Å². The average molecular weight is 615 g/mol. The predicted molar refractivity (Wildman–Crippen MR) is 161 cm³/mol. The number of rotatable bonds is 8. The van der Waals surface area contributed by atoms with Crippen molar-refractivity contribution in [2.75, 3.05) is 39.8 Å². The number of aryl methyl sites for hydroxylation is 1. The highest BCUT2D eigenvalue weighted by atomic mass is 32.2. The Hall–Kier alpha value is -3.48. The van der Waals surface area contributed by atoms with E-state index in [-0.39, 0.29) is 11.3 Å². The van der Waals surface area contributed by atoms with Crippen LogP contribution in [0, 0.1) is 6.92 Å². The monoisotopic (exact) mass is 614 g/mol. The maximum atomic E-state index is 14.1. The van der Waals surface area contributed by atoms with Crippen molar-refractivity contribution in [3.63, 3.8) is 0 Å². The number of carbonyl (C=O) groups excluding carboxylic acids is 3. The van der Waals surface area contributed by atoms with Crippen LogP contribution in [0.25, 0.3) is 0 Å². The molecule has 234 valence electrons. The van der Waals surface area contributed by atoms with Crippen LogP contribution in [-0.2, 0) is 30.8 Å². The Morgan fingerprint density at radius 3 is 2.19 bits per heavy atom. The third-order valence-electron chi connectivity index (χ3n) is 7.43. The molecule has 2 saturated heterocycles. The first kappa shape index (κ1) is 32.4. The summed E-state index contributed by atoms with van der Waals surface area (Å²) in [4.78, 5) is 43.9. The summed E-state index contributed by atoms with van der Waals surface area (Å²) in [5.41, 5.74) is 0.489. The zero-order valence-electron chi connectivity index (χ0n) is 25.5. The second-order valence-corrected chi connectivity index (χ2v) is 14.0. The lowest BCUT2D eigenvalue weighted by Crippen LogP contribution is -2.55. The summed E-state index contributed by atoms with van der Waals surface area (Å²) in [5.74, 6) is -1.22. The van der Waals surface area contributed by atoms with Gasteiger partial charge in [0.25, 0.3) is 15.9 Å². The molecular weight excluding hydrogens is 572 g/mol. The van der Waals surface area contributed by atoms with Crippen LogP contribution in [0.15, 0.2) is 53.4 Å². The lowest BCUT2D eigenvalue weighted by molar-refractivity contribution is -0.162. The molecule has 2 heterocycles. The Labute approximate surface area is 254 Å². The smallest absolute Gasteiger partial charge is 0.415 e. The van der Waals surface area contributed by atoms with Crippen molar-refractivity contribution in [3.8, 4) is 5.75 Å². The SMILES string of the molecule is Cc1ccc(S(=O)(=O)N(C(=O)[C@@H]2CCCN2)[C@@H](Cc2ccc(OC(=O)N3CCN(C)CC3)cc2)C(=O)OC(C)(C)C)cc1. The molecule has 0 aromatic heterocycles. The van der Waals surface area contributed by atoms with E-state index in [1.807, 2.05) is 14.0 Å². The number of piperazine rings is 1. The molecule has 2 aliphatic rings. The Kier molecular flexibility index (Phi) is 10.1. The summed E-state index contributed by atoms with van der Waals surface area (Å²) in [6.07, 6.45) is 0.580. The van der Waals surface area contributed by atoms with Crippen LogP contribution in [0.1, 0.15) is 44.7 Å². The Morgan fingerprint density at radius 1 is 1.00 bits per heavy atom. The van der Waals surface area contributed by atoms with E-state index in [1.165, 1.54) is 12.1 Å². The van der Waals surface area contributed by atoms with Crippen molar-refractivity contribution in [1.82, 2.24) is 19.4 Å². The van der Waals surface area contributed by atoms with Gasteiger partial charge in [-0.05, 0) is 84.0 Å². The van der Waals surface area contributed by atoms with Crippen molar-refractivity contribution < 1.29 is 32.3 Å². The average Bonchev–Trinajstić information content (AvgIpc) is 3.48. The van der Waals surface area contributed by atoms with E-state index >= 15 is 0 Å². The third-order valence-corrected chi connectivity index (χ3v) is 9.25. The number of sulfonamides is 1. The molecule has 0 radical (unpaired) electrons. The number of hydrogen-bond donors (Lipinski definition) is 1. The highest BCUT2D eigenvalue weighted by molar-refractivity contribution is 7.89. The zero-order chi connectivity index (χ0) is 31.4. The van der Waals surface area contributed by atoms with Gasteiger partial charge in [-0.2, -0.15) is 0 Å². The van der Waals surface area contributed by atoms with Gasteiger partial charge in [0.2, 0.25) is 0 Å². The van der Waals surface area contributed by atoms with Gasteiger partial charge in [0.15, 0.2) is 0 Å². The Balaban J connectivity index is 1.64. The van der Waals surface area contributed by atoms with Gasteiger partial charge >= 0.3 is 12.1 Å². The molecule has 2 amide bonds. The number of ether oxygens (including phenoxy) is 2. The van der Waals surface area contributed by atoms with Gasteiger partial charge in [-0.15, -0.1) is 0 Å². The van der Waals surface area contributed by atoms with Crippen LogP contribution in [0.3, 0.4) is 0 Å². The molecule has 0 spiro atoms. The molecule has 2 aromatic rings. The summed E-state index contributed by atoms with van der Waals surface area (Å²) in [7, 11) is -2.45. The van der Waals surface area contributed by atoms with Crippen LogP contribution in [0.2, 0.25) is 0 Å².